The first-order chi connectivity index (χ1) is 5.99. The third kappa shape index (κ3) is 3.28. The molecule has 0 atom stereocenters. The van der Waals surface area contributed by atoms with Crippen molar-refractivity contribution in [1.29, 1.82) is 0 Å². The summed E-state index contributed by atoms with van der Waals surface area (Å²) >= 11 is 0. The lowest BCUT2D eigenvalue weighted by Gasteiger charge is -2.12. The van der Waals surface area contributed by atoms with Gasteiger partial charge in [0.2, 0.25) is 5.91 Å². The van der Waals surface area contributed by atoms with E-state index in [0.29, 0.717) is 0 Å². The molecule has 2 nitrogen and oxygen atoms in total. The lowest BCUT2D eigenvalue weighted by molar-refractivity contribution is -0.118. The van der Waals surface area contributed by atoms with Crippen molar-refractivity contribution in [3.63, 3.8) is 0 Å². The molecule has 1 aliphatic rings. The number of hydrogen-bond acceptors (Lipinski definition) is 1. The molecule has 13 heavy (non-hydrogen) atoms. The molecule has 0 spiro atoms. The summed E-state index contributed by atoms with van der Waals surface area (Å²) in [6.07, 6.45) is 9.95. The Kier molecular flexibility index (Phi) is 2.71. The third-order valence-corrected chi connectivity index (χ3v) is 1.81. The molecule has 0 unspecified atom stereocenters. The van der Waals surface area contributed by atoms with Gasteiger partial charge in [-0.2, -0.15) is 0 Å². The van der Waals surface area contributed by atoms with E-state index >= 15 is 0 Å². The molecule has 0 aliphatic heterocycles. The molecule has 0 saturated carbocycles. The zero-order valence-electron chi connectivity index (χ0n) is 8.29. The molecule has 1 amide bonds. The Labute approximate surface area is 79.0 Å². The number of carbonyl (C=O) groups excluding carboxylic acids is 1. The summed E-state index contributed by atoms with van der Waals surface area (Å²) in [5.41, 5.74) is 0.908. The highest BCUT2D eigenvalue weighted by Crippen LogP contribution is 2.21. The highest BCUT2D eigenvalue weighted by atomic mass is 16.1. The van der Waals surface area contributed by atoms with Gasteiger partial charge in [-0.05, 0) is 12.2 Å². The Balaban J connectivity index is 2.76. The summed E-state index contributed by atoms with van der Waals surface area (Å²) < 4.78 is 0. The summed E-state index contributed by atoms with van der Waals surface area (Å²) in [4.78, 5) is 10.8. The maximum Gasteiger partial charge on any atom is 0.221 e. The first-order valence-electron chi connectivity index (χ1n) is 4.36. The number of hydrogen-bond donors (Lipinski definition) is 1. The van der Waals surface area contributed by atoms with Crippen LogP contribution in [0.3, 0.4) is 0 Å². The van der Waals surface area contributed by atoms with Gasteiger partial charge < -0.3 is 5.32 Å². The first kappa shape index (κ1) is 9.78. The smallest absolute Gasteiger partial charge is 0.221 e. The second-order valence-electron chi connectivity index (χ2n) is 3.82. The van der Waals surface area contributed by atoms with Crippen LogP contribution in [0, 0.1) is 5.41 Å². The van der Waals surface area contributed by atoms with Gasteiger partial charge in [0, 0.05) is 18.0 Å². The summed E-state index contributed by atoms with van der Waals surface area (Å²) in [6.45, 7) is 5.74. The van der Waals surface area contributed by atoms with Crippen LogP contribution in [0.1, 0.15) is 20.8 Å². The second kappa shape index (κ2) is 3.60. The molecule has 0 aromatic carbocycles. The van der Waals surface area contributed by atoms with Crippen molar-refractivity contribution >= 4 is 5.91 Å². The molecular formula is C11H15NO. The Bertz CT molecular complexity index is 295. The van der Waals surface area contributed by atoms with Crippen molar-refractivity contribution in [2.24, 2.45) is 5.41 Å². The van der Waals surface area contributed by atoms with Gasteiger partial charge in [0.1, 0.15) is 0 Å². The summed E-state index contributed by atoms with van der Waals surface area (Å²) in [7, 11) is 0. The lowest BCUT2D eigenvalue weighted by Crippen LogP contribution is -2.17. The van der Waals surface area contributed by atoms with E-state index in [1.165, 1.54) is 6.92 Å². The van der Waals surface area contributed by atoms with Gasteiger partial charge in [-0.25, -0.2) is 0 Å². The van der Waals surface area contributed by atoms with Crippen LogP contribution in [0.4, 0.5) is 0 Å². The van der Waals surface area contributed by atoms with Crippen LogP contribution in [0.25, 0.3) is 0 Å². The molecule has 0 radical (unpaired) electrons. The Morgan fingerprint density at radius 2 is 2.08 bits per heavy atom. The largest absolute Gasteiger partial charge is 0.326 e. The fourth-order valence-corrected chi connectivity index (χ4v) is 1.10. The third-order valence-electron chi connectivity index (χ3n) is 1.81. The maximum atomic E-state index is 10.8. The Hall–Kier alpha value is -1.31. The van der Waals surface area contributed by atoms with Gasteiger partial charge in [-0.15, -0.1) is 0 Å². The van der Waals surface area contributed by atoms with Crippen molar-refractivity contribution in [3.05, 3.63) is 36.1 Å². The highest BCUT2D eigenvalue weighted by Gasteiger charge is 2.10. The van der Waals surface area contributed by atoms with Gasteiger partial charge in [0.15, 0.2) is 0 Å². The molecule has 0 aromatic heterocycles. The van der Waals surface area contributed by atoms with Crippen molar-refractivity contribution in [3.8, 4) is 0 Å². The van der Waals surface area contributed by atoms with E-state index in [1.54, 1.807) is 0 Å². The van der Waals surface area contributed by atoms with Crippen LogP contribution in [-0.2, 0) is 4.79 Å². The topological polar surface area (TPSA) is 29.1 Å². The van der Waals surface area contributed by atoms with Crippen molar-refractivity contribution < 1.29 is 4.79 Å². The van der Waals surface area contributed by atoms with Crippen molar-refractivity contribution in [2.45, 2.75) is 20.8 Å². The monoisotopic (exact) mass is 177 g/mol. The first-order valence-corrected chi connectivity index (χ1v) is 4.36. The zero-order valence-corrected chi connectivity index (χ0v) is 8.29. The summed E-state index contributed by atoms with van der Waals surface area (Å²) in [6, 6.07) is 0. The lowest BCUT2D eigenvalue weighted by atomic mass is 9.93. The second-order valence-corrected chi connectivity index (χ2v) is 3.82. The number of amides is 1. The normalized spacial score (nSPS) is 19.2. The zero-order chi connectivity index (χ0) is 9.90. The predicted molar refractivity (Wildman–Crippen MR) is 54.0 cm³/mol. The van der Waals surface area contributed by atoms with E-state index in [2.05, 4.69) is 31.3 Å². The van der Waals surface area contributed by atoms with E-state index in [1.807, 2.05) is 18.2 Å². The van der Waals surface area contributed by atoms with Gasteiger partial charge in [-0.3, -0.25) is 4.79 Å². The molecule has 1 rings (SSSR count). The van der Waals surface area contributed by atoms with Crippen LogP contribution in [0.5, 0.6) is 0 Å². The molecule has 0 saturated heterocycles. The Morgan fingerprint density at radius 3 is 2.69 bits per heavy atom. The van der Waals surface area contributed by atoms with E-state index in [9.17, 15) is 4.79 Å². The van der Waals surface area contributed by atoms with Crippen LogP contribution in [-0.4, -0.2) is 5.91 Å². The van der Waals surface area contributed by atoms with Crippen molar-refractivity contribution in [2.75, 3.05) is 0 Å². The molecular weight excluding hydrogens is 162 g/mol. The Morgan fingerprint density at radius 1 is 1.38 bits per heavy atom. The standard InChI is InChI=1S/C11H15NO/c1-9(13)12-10-5-4-7-11(2,3)8-6-10/h4-8H,1-3H3,(H,12,13). The molecule has 1 aliphatic carbocycles. The fraction of sp³-hybridized carbons (Fsp3) is 0.364. The van der Waals surface area contributed by atoms with Gasteiger partial charge in [0.25, 0.3) is 0 Å². The molecule has 0 bridgehead atoms. The molecule has 0 fully saturated rings. The molecule has 0 aromatic rings. The minimum Gasteiger partial charge on any atom is -0.326 e. The van der Waals surface area contributed by atoms with Gasteiger partial charge in [-0.1, -0.05) is 32.1 Å². The minimum atomic E-state index is -0.0380. The maximum absolute atomic E-state index is 10.8. The summed E-state index contributed by atoms with van der Waals surface area (Å²) in [5.74, 6) is -0.0380. The molecule has 70 valence electrons. The van der Waals surface area contributed by atoms with Crippen LogP contribution >= 0.6 is 0 Å². The highest BCUT2D eigenvalue weighted by molar-refractivity contribution is 5.75. The summed E-state index contributed by atoms with van der Waals surface area (Å²) in [5, 5.41) is 2.74. The quantitative estimate of drug-likeness (QED) is 0.653. The minimum absolute atomic E-state index is 0.0380. The number of carbonyl (C=O) groups is 1. The van der Waals surface area contributed by atoms with Crippen molar-refractivity contribution in [1.82, 2.24) is 5.32 Å². The predicted octanol–water partition coefficient (Wildman–Crippen LogP) is 2.16. The number of nitrogens with one attached hydrogen (secondary N) is 1. The molecule has 1 N–H and O–H groups in total. The van der Waals surface area contributed by atoms with Crippen LogP contribution in [0.2, 0.25) is 0 Å². The number of allylic oxidation sites excluding steroid dienone is 5. The van der Waals surface area contributed by atoms with Crippen LogP contribution in [0.15, 0.2) is 36.1 Å². The van der Waals surface area contributed by atoms with Crippen LogP contribution < -0.4 is 5.32 Å². The van der Waals surface area contributed by atoms with E-state index < -0.39 is 0 Å². The van der Waals surface area contributed by atoms with Gasteiger partial charge in [0.05, 0.1) is 0 Å². The molecule has 2 heteroatoms. The van der Waals surface area contributed by atoms with Gasteiger partial charge >= 0.3 is 0 Å². The molecule has 0 heterocycles. The average Bonchev–Trinajstić information content (AvgIpc) is 2.12. The fourth-order valence-electron chi connectivity index (χ4n) is 1.10. The van der Waals surface area contributed by atoms with E-state index in [0.717, 1.165) is 5.70 Å². The van der Waals surface area contributed by atoms with E-state index in [-0.39, 0.29) is 11.3 Å². The average molecular weight is 177 g/mol. The number of rotatable bonds is 1. The SMILES string of the molecule is CC(=O)NC1=CC=CC(C)(C)C=C1. The van der Waals surface area contributed by atoms with E-state index in [4.69, 9.17) is 0 Å².